The van der Waals surface area contributed by atoms with Crippen molar-refractivity contribution in [1.29, 1.82) is 0 Å². The monoisotopic (exact) mass is 535 g/mol. The van der Waals surface area contributed by atoms with Crippen LogP contribution in [0.5, 0.6) is 0 Å². The molecule has 0 atom stereocenters. The van der Waals surface area contributed by atoms with Gasteiger partial charge in [-0.15, -0.1) is 0 Å². The van der Waals surface area contributed by atoms with Crippen LogP contribution in [0.1, 0.15) is 64.3 Å². The van der Waals surface area contributed by atoms with Gasteiger partial charge in [-0.1, -0.05) is 100 Å². The number of hydrogen-bond donors (Lipinski definition) is 2. The van der Waals surface area contributed by atoms with Crippen LogP contribution < -0.4 is 0 Å². The zero-order chi connectivity index (χ0) is 27.8. The lowest BCUT2D eigenvalue weighted by atomic mass is 9.89. The second kappa shape index (κ2) is 17.0. The van der Waals surface area contributed by atoms with Gasteiger partial charge in [0.15, 0.2) is 0 Å². The van der Waals surface area contributed by atoms with E-state index in [1.165, 1.54) is 5.56 Å². The van der Waals surface area contributed by atoms with Crippen molar-refractivity contribution >= 4 is 47.3 Å². The molecule has 4 heteroatoms. The molecule has 0 spiro atoms. The molecule has 1 aromatic heterocycles. The van der Waals surface area contributed by atoms with Gasteiger partial charge in [0.1, 0.15) is 0 Å². The van der Waals surface area contributed by atoms with Gasteiger partial charge in [0.25, 0.3) is 0 Å². The van der Waals surface area contributed by atoms with Gasteiger partial charge in [-0.25, -0.2) is 4.98 Å². The molecule has 0 amide bonds. The van der Waals surface area contributed by atoms with Gasteiger partial charge in [0.2, 0.25) is 0 Å². The first-order chi connectivity index (χ1) is 17.7. The second-order valence-electron chi connectivity index (χ2n) is 8.79. The average Bonchev–Trinajstić information content (AvgIpc) is 2.87. The Bertz CT molecular complexity index is 1200. The summed E-state index contributed by atoms with van der Waals surface area (Å²) >= 11 is 9.88. The number of rotatable bonds is 9. The van der Waals surface area contributed by atoms with E-state index in [2.05, 4.69) is 67.2 Å². The van der Waals surface area contributed by atoms with Crippen molar-refractivity contribution in [3.05, 3.63) is 113 Å². The number of benzene rings is 2. The number of aliphatic hydroxyl groups is 1. The highest BCUT2D eigenvalue weighted by Gasteiger charge is 2.20. The highest BCUT2D eigenvalue weighted by atomic mass is 35.5. The van der Waals surface area contributed by atoms with Gasteiger partial charge in [0.05, 0.1) is 16.8 Å². The minimum absolute atomic E-state index is 0.691. The smallest absolute Gasteiger partial charge is 0.0837 e. The Morgan fingerprint density at radius 2 is 1.76 bits per heavy atom. The number of aromatic nitrogens is 1. The number of fused-ring (bicyclic) bond motifs is 1. The van der Waals surface area contributed by atoms with Crippen molar-refractivity contribution in [2.75, 3.05) is 5.75 Å². The molecular weight excluding hydrogens is 494 g/mol. The van der Waals surface area contributed by atoms with Crippen molar-refractivity contribution in [3.8, 4) is 0 Å². The van der Waals surface area contributed by atoms with Crippen LogP contribution in [0, 0.1) is 0 Å². The van der Waals surface area contributed by atoms with Crippen molar-refractivity contribution < 1.29 is 5.11 Å². The molecule has 3 rings (SSSR count). The molecule has 2 aromatic carbocycles. The summed E-state index contributed by atoms with van der Waals surface area (Å²) in [5.74, 6) is 0.944. The average molecular weight is 536 g/mol. The number of allylic oxidation sites excluding steroid dienone is 2. The number of hydrogen-bond acceptors (Lipinski definition) is 3. The summed E-state index contributed by atoms with van der Waals surface area (Å²) < 4.78 is 0. The fourth-order valence-corrected chi connectivity index (χ4v) is 3.75. The summed E-state index contributed by atoms with van der Waals surface area (Å²) in [6.45, 7) is 17.4. The first kappa shape index (κ1) is 32.4. The summed E-state index contributed by atoms with van der Waals surface area (Å²) in [7, 11) is 0. The van der Waals surface area contributed by atoms with Gasteiger partial charge in [-0.3, -0.25) is 0 Å². The minimum Gasteiger partial charge on any atom is -0.386 e. The van der Waals surface area contributed by atoms with Gasteiger partial charge in [-0.05, 0) is 85.4 Å². The van der Waals surface area contributed by atoms with Crippen molar-refractivity contribution in [2.45, 2.75) is 59.5 Å². The topological polar surface area (TPSA) is 33.1 Å². The van der Waals surface area contributed by atoms with Crippen LogP contribution in [0.15, 0.2) is 91.1 Å². The Morgan fingerprint density at radius 1 is 1.08 bits per heavy atom. The highest BCUT2D eigenvalue weighted by molar-refractivity contribution is 7.80. The Kier molecular flexibility index (Phi) is 14.9. The molecule has 0 bridgehead atoms. The lowest BCUT2D eigenvalue weighted by Crippen LogP contribution is -2.22. The van der Waals surface area contributed by atoms with Crippen LogP contribution in [-0.2, 0) is 6.42 Å². The zero-order valence-corrected chi connectivity index (χ0v) is 24.6. The van der Waals surface area contributed by atoms with Crippen LogP contribution in [-0.4, -0.2) is 21.4 Å². The van der Waals surface area contributed by atoms with Crippen LogP contribution in [0.4, 0.5) is 0 Å². The zero-order valence-electron chi connectivity index (χ0n) is 23.0. The molecule has 1 heterocycles. The lowest BCUT2D eigenvalue weighted by molar-refractivity contribution is 0.122. The normalized spacial score (nSPS) is 11.4. The first-order valence-corrected chi connectivity index (χ1v) is 13.9. The molecule has 3 aromatic rings. The van der Waals surface area contributed by atoms with Gasteiger partial charge in [0, 0.05) is 10.4 Å². The van der Waals surface area contributed by atoms with Crippen LogP contribution in [0.3, 0.4) is 0 Å². The SMILES string of the molecule is C=C/C=C(/CCCc1cccc(/C=C/c2ccc3ccc(Cl)cc3n2)c1)C(=C)C(C)(C)O.CC.CCS. The van der Waals surface area contributed by atoms with Gasteiger partial charge >= 0.3 is 0 Å². The molecule has 0 unspecified atom stereocenters. The molecule has 198 valence electrons. The second-order valence-corrected chi connectivity index (χ2v) is 9.86. The summed E-state index contributed by atoms with van der Waals surface area (Å²) in [4.78, 5) is 4.68. The van der Waals surface area contributed by atoms with Crippen molar-refractivity contribution in [2.24, 2.45) is 0 Å². The van der Waals surface area contributed by atoms with Gasteiger partial charge < -0.3 is 5.11 Å². The Labute approximate surface area is 234 Å². The third kappa shape index (κ3) is 11.6. The van der Waals surface area contributed by atoms with Crippen LogP contribution >= 0.6 is 24.2 Å². The van der Waals surface area contributed by atoms with Crippen molar-refractivity contribution in [3.63, 3.8) is 0 Å². The van der Waals surface area contributed by atoms with Crippen LogP contribution in [0.2, 0.25) is 5.02 Å². The number of aryl methyl sites for hydroxylation is 1. The predicted octanol–water partition coefficient (Wildman–Crippen LogP) is 9.78. The van der Waals surface area contributed by atoms with E-state index in [0.717, 1.165) is 58.3 Å². The van der Waals surface area contributed by atoms with E-state index >= 15 is 0 Å². The number of pyridine rings is 1. The molecule has 37 heavy (non-hydrogen) atoms. The standard InChI is InChI=1S/C29H30ClNO.C2H6S.C2H6/c1-5-8-24(21(2)29(3,4)32)12-7-11-22-9-6-10-23(19-22)13-17-27-18-15-25-14-16-26(30)20-28(25)31-27;1-2-3;1-2/h5-6,8-10,13-20,32H,1-2,7,11-12H2,3-4H3;3H,2H2,1H3;1-2H3/b17-13+,24-8-;;. The number of halogens is 1. The molecule has 0 saturated carbocycles. The molecule has 0 aliphatic carbocycles. The predicted molar refractivity (Wildman–Crippen MR) is 170 cm³/mol. The molecule has 0 aliphatic heterocycles. The fraction of sp³-hybridized carbons (Fsp3) is 0.303. The third-order valence-electron chi connectivity index (χ3n) is 5.43. The maximum absolute atomic E-state index is 10.3. The molecule has 1 N–H and O–H groups in total. The summed E-state index contributed by atoms with van der Waals surface area (Å²) in [5, 5.41) is 12.0. The fourth-order valence-electron chi connectivity index (χ4n) is 3.59. The first-order valence-electron chi connectivity index (χ1n) is 12.9. The van der Waals surface area contributed by atoms with E-state index in [1.54, 1.807) is 19.9 Å². The van der Waals surface area contributed by atoms with Gasteiger partial charge in [-0.2, -0.15) is 12.6 Å². The summed E-state index contributed by atoms with van der Waals surface area (Å²) in [6, 6.07) is 18.3. The van der Waals surface area contributed by atoms with E-state index < -0.39 is 5.60 Å². The summed E-state index contributed by atoms with van der Waals surface area (Å²) in [6.07, 6.45) is 10.6. The molecule has 0 aliphatic rings. The van der Waals surface area contributed by atoms with Crippen LogP contribution in [0.25, 0.3) is 23.1 Å². The molecule has 0 fully saturated rings. The Balaban J connectivity index is 0.00000127. The Morgan fingerprint density at radius 3 is 2.41 bits per heavy atom. The molecule has 0 radical (unpaired) electrons. The molecule has 2 nitrogen and oxygen atoms in total. The quantitative estimate of drug-likeness (QED) is 0.211. The Hall–Kier alpha value is -2.59. The largest absolute Gasteiger partial charge is 0.386 e. The maximum Gasteiger partial charge on any atom is 0.0837 e. The molecular formula is C33H42ClNOS. The third-order valence-corrected chi connectivity index (χ3v) is 5.67. The van der Waals surface area contributed by atoms with Crippen molar-refractivity contribution in [1.82, 2.24) is 4.98 Å². The van der Waals surface area contributed by atoms with E-state index in [4.69, 9.17) is 11.6 Å². The van der Waals surface area contributed by atoms with E-state index in [0.29, 0.717) is 5.02 Å². The van der Waals surface area contributed by atoms with E-state index in [-0.39, 0.29) is 0 Å². The lowest BCUT2D eigenvalue weighted by Gasteiger charge is -2.23. The number of thiol groups is 1. The maximum atomic E-state index is 10.3. The number of nitrogens with zero attached hydrogens (tertiary/aromatic N) is 1. The van der Waals surface area contributed by atoms with E-state index in [9.17, 15) is 5.11 Å². The highest BCUT2D eigenvalue weighted by Crippen LogP contribution is 2.26. The summed E-state index contributed by atoms with van der Waals surface area (Å²) in [5.41, 5.74) is 5.07. The van der Waals surface area contributed by atoms with E-state index in [1.807, 2.05) is 57.2 Å². The molecule has 0 saturated heterocycles. The minimum atomic E-state index is -0.929.